The number of hydrogen-bond donors (Lipinski definition) is 2. The molecule has 2 atom stereocenters. The number of anilines is 1. The van der Waals surface area contributed by atoms with Crippen LogP contribution in [-0.4, -0.2) is 49.4 Å². The summed E-state index contributed by atoms with van der Waals surface area (Å²) in [5.41, 5.74) is 0.0453. The molecular formula is C16H20Cl3N3O3. The van der Waals surface area contributed by atoms with E-state index in [4.69, 9.17) is 44.3 Å². The number of rotatable bonds is 6. The largest absolute Gasteiger partial charge is 0.376 e. The van der Waals surface area contributed by atoms with E-state index in [1.807, 2.05) is 0 Å². The van der Waals surface area contributed by atoms with E-state index in [1.54, 1.807) is 0 Å². The molecule has 25 heavy (non-hydrogen) atoms. The first-order valence-electron chi connectivity index (χ1n) is 8.36. The molecular weight excluding hydrogens is 389 g/mol. The van der Waals surface area contributed by atoms with Crippen LogP contribution in [0, 0.1) is 0 Å². The highest BCUT2D eigenvalue weighted by Crippen LogP contribution is 2.36. The maximum atomic E-state index is 12.4. The molecule has 2 fully saturated rings. The number of nitrogens with zero attached hydrogens (tertiary/aromatic N) is 1. The van der Waals surface area contributed by atoms with Crippen molar-refractivity contribution in [3.8, 4) is 0 Å². The standard InChI is InChI=1S/C16H20Cl3N3O3/c17-11-12(18)14(16(23)21-8-10-4-2-6-25-10)22-15(13(11)19)20-7-9-3-1-5-24-9/h9-10H,1-8H2,(H,20,22)(H,21,23). The monoisotopic (exact) mass is 407 g/mol. The van der Waals surface area contributed by atoms with Crippen molar-refractivity contribution in [2.24, 2.45) is 0 Å². The molecule has 0 radical (unpaired) electrons. The molecule has 3 heterocycles. The van der Waals surface area contributed by atoms with Gasteiger partial charge in [0.2, 0.25) is 0 Å². The van der Waals surface area contributed by atoms with E-state index in [-0.39, 0.29) is 33.0 Å². The number of carbonyl (C=O) groups excluding carboxylic acids is 1. The number of carbonyl (C=O) groups is 1. The predicted octanol–water partition coefficient (Wildman–Crippen LogP) is 3.54. The third-order valence-corrected chi connectivity index (χ3v) is 5.58. The van der Waals surface area contributed by atoms with E-state index in [1.165, 1.54) is 0 Å². The first kappa shape index (κ1) is 19.0. The van der Waals surface area contributed by atoms with Crippen LogP contribution < -0.4 is 10.6 Å². The van der Waals surface area contributed by atoms with Crippen molar-refractivity contribution in [2.45, 2.75) is 37.9 Å². The van der Waals surface area contributed by atoms with Crippen LogP contribution in [0.5, 0.6) is 0 Å². The second kappa shape index (κ2) is 8.73. The van der Waals surface area contributed by atoms with E-state index >= 15 is 0 Å². The van der Waals surface area contributed by atoms with Gasteiger partial charge < -0.3 is 20.1 Å². The Morgan fingerprint density at radius 2 is 1.64 bits per heavy atom. The summed E-state index contributed by atoms with van der Waals surface area (Å²) < 4.78 is 11.0. The molecule has 0 aromatic carbocycles. The van der Waals surface area contributed by atoms with Crippen molar-refractivity contribution in [3.05, 3.63) is 20.8 Å². The Hall–Kier alpha value is -0.790. The van der Waals surface area contributed by atoms with E-state index < -0.39 is 5.91 Å². The molecule has 1 amide bonds. The van der Waals surface area contributed by atoms with Gasteiger partial charge in [-0.05, 0) is 25.7 Å². The first-order chi connectivity index (χ1) is 12.1. The van der Waals surface area contributed by atoms with Gasteiger partial charge in [0, 0.05) is 26.3 Å². The molecule has 0 aliphatic carbocycles. The Labute approximate surface area is 161 Å². The van der Waals surface area contributed by atoms with E-state index in [0.717, 1.165) is 38.9 Å². The second-order valence-electron chi connectivity index (χ2n) is 6.11. The lowest BCUT2D eigenvalue weighted by atomic mass is 10.2. The minimum atomic E-state index is -0.403. The van der Waals surface area contributed by atoms with Crippen LogP contribution in [0.4, 0.5) is 5.82 Å². The van der Waals surface area contributed by atoms with Crippen molar-refractivity contribution in [1.82, 2.24) is 10.3 Å². The van der Waals surface area contributed by atoms with E-state index in [2.05, 4.69) is 15.6 Å². The summed E-state index contributed by atoms with van der Waals surface area (Å²) >= 11 is 18.5. The van der Waals surface area contributed by atoms with Gasteiger partial charge in [-0.3, -0.25) is 4.79 Å². The zero-order valence-electron chi connectivity index (χ0n) is 13.6. The maximum Gasteiger partial charge on any atom is 0.271 e. The zero-order chi connectivity index (χ0) is 17.8. The average molecular weight is 409 g/mol. The van der Waals surface area contributed by atoms with Crippen molar-refractivity contribution < 1.29 is 14.3 Å². The van der Waals surface area contributed by atoms with Crippen LogP contribution >= 0.6 is 34.8 Å². The zero-order valence-corrected chi connectivity index (χ0v) is 15.9. The quantitative estimate of drug-likeness (QED) is 0.753. The lowest BCUT2D eigenvalue weighted by molar-refractivity contribution is 0.0854. The van der Waals surface area contributed by atoms with Gasteiger partial charge in [0.15, 0.2) is 5.69 Å². The molecule has 2 saturated heterocycles. The highest BCUT2D eigenvalue weighted by Gasteiger charge is 2.24. The summed E-state index contributed by atoms with van der Waals surface area (Å²) in [4.78, 5) is 16.7. The number of aromatic nitrogens is 1. The van der Waals surface area contributed by atoms with Gasteiger partial charge in [0.05, 0.1) is 22.3 Å². The third-order valence-electron chi connectivity index (χ3n) is 4.28. The SMILES string of the molecule is O=C(NCC1CCCO1)c1nc(NCC2CCCO2)c(Cl)c(Cl)c1Cl. The molecule has 2 N–H and O–H groups in total. The normalized spacial score (nSPS) is 23.0. The number of halogens is 3. The number of amides is 1. The molecule has 138 valence electrons. The van der Waals surface area contributed by atoms with Crippen molar-refractivity contribution in [3.63, 3.8) is 0 Å². The minimum Gasteiger partial charge on any atom is -0.376 e. The summed E-state index contributed by atoms with van der Waals surface area (Å²) in [5, 5.41) is 6.23. The van der Waals surface area contributed by atoms with Crippen LogP contribution in [0.2, 0.25) is 15.1 Å². The molecule has 0 bridgehead atoms. The van der Waals surface area contributed by atoms with E-state index in [9.17, 15) is 4.79 Å². The molecule has 6 nitrogen and oxygen atoms in total. The molecule has 3 rings (SSSR count). The topological polar surface area (TPSA) is 72.5 Å². The highest BCUT2D eigenvalue weighted by molar-refractivity contribution is 6.50. The summed E-state index contributed by atoms with van der Waals surface area (Å²) in [7, 11) is 0. The molecule has 2 aliphatic rings. The number of nitrogens with one attached hydrogen (secondary N) is 2. The number of ether oxygens (including phenoxy) is 2. The first-order valence-corrected chi connectivity index (χ1v) is 9.49. The van der Waals surface area contributed by atoms with Crippen LogP contribution in [0.25, 0.3) is 0 Å². The van der Waals surface area contributed by atoms with Gasteiger partial charge in [-0.1, -0.05) is 34.8 Å². The molecule has 2 aliphatic heterocycles. The van der Waals surface area contributed by atoms with Gasteiger partial charge in [-0.2, -0.15) is 0 Å². The Bertz CT molecular complexity index is 633. The fourth-order valence-electron chi connectivity index (χ4n) is 2.89. The number of pyridine rings is 1. The highest BCUT2D eigenvalue weighted by atomic mass is 35.5. The Balaban J connectivity index is 1.69. The molecule has 0 spiro atoms. The summed E-state index contributed by atoms with van der Waals surface area (Å²) in [6.07, 6.45) is 4.07. The fourth-order valence-corrected chi connectivity index (χ4v) is 3.55. The average Bonchev–Trinajstić information content (AvgIpc) is 3.30. The van der Waals surface area contributed by atoms with Gasteiger partial charge in [-0.15, -0.1) is 0 Å². The summed E-state index contributed by atoms with van der Waals surface area (Å²) in [6.45, 7) is 2.44. The second-order valence-corrected chi connectivity index (χ2v) is 7.25. The molecule has 1 aromatic heterocycles. The molecule has 1 aromatic rings. The van der Waals surface area contributed by atoms with Crippen LogP contribution in [0.3, 0.4) is 0 Å². The lowest BCUT2D eigenvalue weighted by Crippen LogP contribution is -2.32. The third kappa shape index (κ3) is 4.68. The van der Waals surface area contributed by atoms with Gasteiger partial charge in [0.1, 0.15) is 10.8 Å². The maximum absolute atomic E-state index is 12.4. The van der Waals surface area contributed by atoms with Gasteiger partial charge in [0.25, 0.3) is 5.91 Å². The minimum absolute atomic E-state index is 0.0302. The Morgan fingerprint density at radius 1 is 1.00 bits per heavy atom. The van der Waals surface area contributed by atoms with Crippen LogP contribution in [0.15, 0.2) is 0 Å². The summed E-state index contributed by atoms with van der Waals surface area (Å²) in [5.74, 6) is -0.0759. The van der Waals surface area contributed by atoms with E-state index in [0.29, 0.717) is 18.9 Å². The van der Waals surface area contributed by atoms with Crippen molar-refractivity contribution in [1.29, 1.82) is 0 Å². The van der Waals surface area contributed by atoms with Crippen molar-refractivity contribution >= 4 is 46.5 Å². The molecule has 0 saturated carbocycles. The lowest BCUT2D eigenvalue weighted by Gasteiger charge is -2.16. The van der Waals surface area contributed by atoms with Gasteiger partial charge >= 0.3 is 0 Å². The van der Waals surface area contributed by atoms with Crippen LogP contribution in [-0.2, 0) is 9.47 Å². The predicted molar refractivity (Wildman–Crippen MR) is 98.0 cm³/mol. The van der Waals surface area contributed by atoms with Crippen LogP contribution in [0.1, 0.15) is 36.2 Å². The summed E-state index contributed by atoms with van der Waals surface area (Å²) in [6, 6.07) is 0. The smallest absolute Gasteiger partial charge is 0.271 e. The Morgan fingerprint density at radius 3 is 2.24 bits per heavy atom. The van der Waals surface area contributed by atoms with Gasteiger partial charge in [-0.25, -0.2) is 4.98 Å². The molecule has 9 heteroatoms. The Kier molecular flexibility index (Phi) is 6.63. The molecule has 2 unspecified atom stereocenters. The number of hydrogen-bond acceptors (Lipinski definition) is 5. The fraction of sp³-hybridized carbons (Fsp3) is 0.625. The van der Waals surface area contributed by atoms with Crippen molar-refractivity contribution in [2.75, 3.05) is 31.6 Å².